The van der Waals surface area contributed by atoms with Gasteiger partial charge in [0, 0.05) is 19.7 Å². The lowest BCUT2D eigenvalue weighted by Gasteiger charge is -2.12. The lowest BCUT2D eigenvalue weighted by Crippen LogP contribution is -2.32. The average molecular weight is 187 g/mol. The summed E-state index contributed by atoms with van der Waals surface area (Å²) in [6, 6.07) is 0.387. The van der Waals surface area contributed by atoms with Gasteiger partial charge in [0.25, 0.3) is 0 Å². The zero-order valence-corrected chi connectivity index (χ0v) is 8.93. The van der Waals surface area contributed by atoms with Crippen molar-refractivity contribution in [2.45, 2.75) is 19.9 Å². The molecular weight excluding hydrogens is 166 g/mol. The minimum absolute atomic E-state index is 0.387. The van der Waals surface area contributed by atoms with Crippen LogP contribution in [0.2, 0.25) is 0 Å². The molecule has 1 N–H and O–H groups in total. The van der Waals surface area contributed by atoms with Crippen LogP contribution in [0.15, 0.2) is 12.2 Å². The van der Waals surface area contributed by atoms with Crippen LogP contribution in [-0.4, -0.2) is 39.5 Å². The first-order valence-electron chi connectivity index (χ1n) is 4.61. The van der Waals surface area contributed by atoms with E-state index in [2.05, 4.69) is 18.8 Å². The zero-order chi connectivity index (χ0) is 10.1. The van der Waals surface area contributed by atoms with Gasteiger partial charge in [-0.3, -0.25) is 0 Å². The van der Waals surface area contributed by atoms with Crippen LogP contribution in [0.5, 0.6) is 0 Å². The minimum atomic E-state index is 0.387. The summed E-state index contributed by atoms with van der Waals surface area (Å²) in [4.78, 5) is 0. The standard InChI is InChI=1S/C10H21NO2/c1-9(2)7-13-6-5-11-10(3)8-12-4/h10-11H,1,5-8H2,2-4H3. The summed E-state index contributed by atoms with van der Waals surface area (Å²) in [7, 11) is 1.70. The molecule has 0 spiro atoms. The lowest BCUT2D eigenvalue weighted by molar-refractivity contribution is 0.141. The summed E-state index contributed by atoms with van der Waals surface area (Å²) in [5.41, 5.74) is 1.06. The normalized spacial score (nSPS) is 12.8. The first-order valence-corrected chi connectivity index (χ1v) is 4.61. The molecule has 0 aromatic heterocycles. The molecule has 3 heteroatoms. The Morgan fingerprint density at radius 1 is 1.54 bits per heavy atom. The van der Waals surface area contributed by atoms with Crippen LogP contribution in [-0.2, 0) is 9.47 Å². The van der Waals surface area contributed by atoms with Crippen molar-refractivity contribution in [2.75, 3.05) is 33.5 Å². The van der Waals surface area contributed by atoms with Crippen LogP contribution in [0.1, 0.15) is 13.8 Å². The molecule has 0 saturated heterocycles. The Labute approximate surface area is 81.1 Å². The molecule has 0 aliphatic rings. The fourth-order valence-corrected chi connectivity index (χ4v) is 0.933. The average Bonchev–Trinajstić information content (AvgIpc) is 2.03. The number of hydrogen-bond donors (Lipinski definition) is 1. The highest BCUT2D eigenvalue weighted by atomic mass is 16.5. The second-order valence-electron chi connectivity index (χ2n) is 3.32. The van der Waals surface area contributed by atoms with E-state index in [1.165, 1.54) is 0 Å². The van der Waals surface area contributed by atoms with Gasteiger partial charge in [0.1, 0.15) is 0 Å². The first kappa shape index (κ1) is 12.6. The maximum atomic E-state index is 5.32. The molecule has 1 unspecified atom stereocenters. The third-order valence-electron chi connectivity index (χ3n) is 1.50. The Morgan fingerprint density at radius 2 is 2.23 bits per heavy atom. The molecule has 13 heavy (non-hydrogen) atoms. The van der Waals surface area contributed by atoms with Crippen molar-refractivity contribution in [1.82, 2.24) is 5.32 Å². The highest BCUT2D eigenvalue weighted by molar-refractivity contribution is 4.87. The van der Waals surface area contributed by atoms with Crippen LogP contribution in [0.3, 0.4) is 0 Å². The van der Waals surface area contributed by atoms with Gasteiger partial charge in [-0.05, 0) is 13.8 Å². The van der Waals surface area contributed by atoms with E-state index in [-0.39, 0.29) is 0 Å². The summed E-state index contributed by atoms with van der Waals surface area (Å²) in [6.07, 6.45) is 0. The molecule has 0 aromatic rings. The Bertz CT molecular complexity index is 137. The molecule has 78 valence electrons. The Balaban J connectivity index is 3.11. The van der Waals surface area contributed by atoms with Crippen molar-refractivity contribution in [2.24, 2.45) is 0 Å². The Kier molecular flexibility index (Phi) is 7.99. The Morgan fingerprint density at radius 3 is 2.77 bits per heavy atom. The predicted molar refractivity (Wildman–Crippen MR) is 55.0 cm³/mol. The number of hydrogen-bond acceptors (Lipinski definition) is 3. The van der Waals surface area contributed by atoms with Gasteiger partial charge in [-0.15, -0.1) is 0 Å². The largest absolute Gasteiger partial charge is 0.383 e. The van der Waals surface area contributed by atoms with Gasteiger partial charge < -0.3 is 14.8 Å². The third kappa shape index (κ3) is 9.53. The molecule has 3 nitrogen and oxygen atoms in total. The highest BCUT2D eigenvalue weighted by Crippen LogP contribution is 1.87. The maximum absolute atomic E-state index is 5.32. The molecular formula is C10H21NO2. The monoisotopic (exact) mass is 187 g/mol. The predicted octanol–water partition coefficient (Wildman–Crippen LogP) is 1.20. The topological polar surface area (TPSA) is 30.5 Å². The highest BCUT2D eigenvalue weighted by Gasteiger charge is 1.98. The summed E-state index contributed by atoms with van der Waals surface area (Å²) in [5, 5.41) is 3.28. The fraction of sp³-hybridized carbons (Fsp3) is 0.800. The fourth-order valence-electron chi connectivity index (χ4n) is 0.933. The van der Waals surface area contributed by atoms with Crippen molar-refractivity contribution < 1.29 is 9.47 Å². The van der Waals surface area contributed by atoms with Gasteiger partial charge in [-0.2, -0.15) is 0 Å². The summed E-state index contributed by atoms with van der Waals surface area (Å²) < 4.78 is 10.3. The van der Waals surface area contributed by atoms with Gasteiger partial charge in [0.2, 0.25) is 0 Å². The lowest BCUT2D eigenvalue weighted by atomic mass is 10.3. The quantitative estimate of drug-likeness (QED) is 0.457. The summed E-state index contributed by atoms with van der Waals surface area (Å²) in [6.45, 7) is 10.8. The van der Waals surface area contributed by atoms with E-state index in [1.807, 2.05) is 6.92 Å². The van der Waals surface area contributed by atoms with E-state index >= 15 is 0 Å². The Hall–Kier alpha value is -0.380. The van der Waals surface area contributed by atoms with Crippen LogP contribution in [0, 0.1) is 0 Å². The van der Waals surface area contributed by atoms with E-state index in [4.69, 9.17) is 9.47 Å². The number of ether oxygens (including phenoxy) is 2. The maximum Gasteiger partial charge on any atom is 0.0672 e. The van der Waals surface area contributed by atoms with E-state index in [9.17, 15) is 0 Å². The van der Waals surface area contributed by atoms with Crippen LogP contribution < -0.4 is 5.32 Å². The molecule has 0 saturated carbocycles. The van der Waals surface area contributed by atoms with E-state index in [1.54, 1.807) is 7.11 Å². The third-order valence-corrected chi connectivity index (χ3v) is 1.50. The van der Waals surface area contributed by atoms with Gasteiger partial charge >= 0.3 is 0 Å². The molecule has 1 atom stereocenters. The second-order valence-corrected chi connectivity index (χ2v) is 3.32. The molecule has 0 amide bonds. The van der Waals surface area contributed by atoms with Crippen LogP contribution in [0.4, 0.5) is 0 Å². The van der Waals surface area contributed by atoms with Crippen molar-refractivity contribution in [1.29, 1.82) is 0 Å². The van der Waals surface area contributed by atoms with Crippen molar-refractivity contribution in [3.8, 4) is 0 Å². The van der Waals surface area contributed by atoms with E-state index in [0.29, 0.717) is 12.6 Å². The van der Waals surface area contributed by atoms with Gasteiger partial charge in [-0.25, -0.2) is 0 Å². The minimum Gasteiger partial charge on any atom is -0.383 e. The van der Waals surface area contributed by atoms with Gasteiger partial charge in [0.05, 0.1) is 19.8 Å². The molecule has 0 aromatic carbocycles. The van der Waals surface area contributed by atoms with Crippen LogP contribution >= 0.6 is 0 Å². The summed E-state index contributed by atoms with van der Waals surface area (Å²) >= 11 is 0. The van der Waals surface area contributed by atoms with Gasteiger partial charge in [0.15, 0.2) is 0 Å². The van der Waals surface area contributed by atoms with Crippen LogP contribution in [0.25, 0.3) is 0 Å². The summed E-state index contributed by atoms with van der Waals surface area (Å²) in [5.74, 6) is 0. The molecule has 0 rings (SSSR count). The number of rotatable bonds is 8. The van der Waals surface area contributed by atoms with Crippen molar-refractivity contribution in [3.63, 3.8) is 0 Å². The molecule has 0 radical (unpaired) electrons. The molecule has 0 aliphatic heterocycles. The first-order chi connectivity index (χ1) is 6.16. The van der Waals surface area contributed by atoms with E-state index in [0.717, 1.165) is 25.3 Å². The molecule has 0 aliphatic carbocycles. The molecule has 0 bridgehead atoms. The molecule has 0 fully saturated rings. The smallest absolute Gasteiger partial charge is 0.0672 e. The number of methoxy groups -OCH3 is 1. The zero-order valence-electron chi connectivity index (χ0n) is 8.93. The molecule has 0 heterocycles. The second kappa shape index (κ2) is 8.23. The van der Waals surface area contributed by atoms with Gasteiger partial charge in [-0.1, -0.05) is 12.2 Å². The number of nitrogens with one attached hydrogen (secondary N) is 1. The SMILES string of the molecule is C=C(C)COCCNC(C)COC. The van der Waals surface area contributed by atoms with Crippen molar-refractivity contribution in [3.05, 3.63) is 12.2 Å². The van der Waals surface area contributed by atoms with E-state index < -0.39 is 0 Å². The van der Waals surface area contributed by atoms with Crippen molar-refractivity contribution >= 4 is 0 Å².